The van der Waals surface area contributed by atoms with Crippen molar-refractivity contribution < 1.29 is 23.9 Å². The summed E-state index contributed by atoms with van der Waals surface area (Å²) in [4.78, 5) is 53.1. The molecule has 0 bridgehead atoms. The van der Waals surface area contributed by atoms with Gasteiger partial charge in [-0.05, 0) is 70.1 Å². The van der Waals surface area contributed by atoms with Gasteiger partial charge in [-0.2, -0.15) is 0 Å². The van der Waals surface area contributed by atoms with Crippen LogP contribution in [0.4, 0.5) is 4.79 Å². The van der Waals surface area contributed by atoms with Gasteiger partial charge in [-0.3, -0.25) is 14.4 Å². The van der Waals surface area contributed by atoms with Crippen LogP contribution in [0.25, 0.3) is 0 Å². The summed E-state index contributed by atoms with van der Waals surface area (Å²) in [6.07, 6.45) is 7.27. The Morgan fingerprint density at radius 3 is 2.14 bits per heavy atom. The predicted molar refractivity (Wildman–Crippen MR) is 136 cm³/mol. The maximum Gasteiger partial charge on any atom is 0.408 e. The van der Waals surface area contributed by atoms with Crippen molar-refractivity contribution >= 4 is 23.7 Å². The van der Waals surface area contributed by atoms with E-state index in [9.17, 15) is 19.2 Å². The van der Waals surface area contributed by atoms with Gasteiger partial charge in [0.2, 0.25) is 11.8 Å². The summed E-state index contributed by atoms with van der Waals surface area (Å²) < 4.78 is 5.81. The Bertz CT molecular complexity index is 732. The lowest BCUT2D eigenvalue weighted by atomic mass is 9.83. The van der Waals surface area contributed by atoms with Gasteiger partial charge < -0.3 is 20.3 Å². The Hall–Kier alpha value is -2.12. The lowest BCUT2D eigenvalue weighted by Gasteiger charge is -2.35. The fraction of sp³-hybridized carbons (Fsp3) is 0.852. The average molecular weight is 494 g/mol. The fourth-order valence-electron chi connectivity index (χ4n) is 5.60. The first kappa shape index (κ1) is 29.1. The quantitative estimate of drug-likeness (QED) is 0.449. The van der Waals surface area contributed by atoms with E-state index in [2.05, 4.69) is 24.5 Å². The van der Waals surface area contributed by atoms with Crippen LogP contribution in [0.5, 0.6) is 0 Å². The standard InChI is InChI=1S/C27H47N3O5/c1-7-20(8-2)23(9-3)35-27(34)29-24(21-13-11-10-12-14-21)26(33)30-16-17(4)15-22(30)25(32)28-18(5)19(6)31/h17-18,20-24H,7-16H2,1-6H3,(H,28,32)(H,29,34)/t17-,18?,22?,23?,24?/m1/s1. The first-order valence-corrected chi connectivity index (χ1v) is 13.7. The minimum atomic E-state index is -0.715. The minimum absolute atomic E-state index is 0.0211. The second-order valence-corrected chi connectivity index (χ2v) is 10.6. The van der Waals surface area contributed by atoms with Crippen LogP contribution >= 0.6 is 0 Å². The summed E-state index contributed by atoms with van der Waals surface area (Å²) in [7, 11) is 0. The zero-order valence-corrected chi connectivity index (χ0v) is 22.6. The molecule has 0 aromatic rings. The van der Waals surface area contributed by atoms with Crippen molar-refractivity contribution in [3.05, 3.63) is 0 Å². The molecule has 8 heteroatoms. The number of hydrogen-bond acceptors (Lipinski definition) is 5. The SMILES string of the molecule is CCC(CC)C(CC)OC(=O)NC(C(=O)N1C[C@H](C)CC1C(=O)NC(C)C(C)=O)C1CCCCC1. The Labute approximate surface area is 211 Å². The number of likely N-dealkylation sites (tertiary alicyclic amines) is 1. The molecule has 8 nitrogen and oxygen atoms in total. The molecule has 1 saturated heterocycles. The van der Waals surface area contributed by atoms with Crippen molar-refractivity contribution in [2.75, 3.05) is 6.54 Å². The predicted octanol–water partition coefficient (Wildman–Crippen LogP) is 4.21. The molecule has 35 heavy (non-hydrogen) atoms. The molecule has 3 amide bonds. The van der Waals surface area contributed by atoms with Gasteiger partial charge in [-0.1, -0.05) is 47.0 Å². The second kappa shape index (κ2) is 13.8. The van der Waals surface area contributed by atoms with E-state index >= 15 is 0 Å². The van der Waals surface area contributed by atoms with Gasteiger partial charge in [0.1, 0.15) is 18.2 Å². The maximum absolute atomic E-state index is 13.9. The molecule has 200 valence electrons. The normalized spacial score (nSPS) is 23.5. The van der Waals surface area contributed by atoms with E-state index in [0.717, 1.165) is 51.4 Å². The van der Waals surface area contributed by atoms with Crippen molar-refractivity contribution in [2.45, 2.75) is 124 Å². The number of carbonyl (C=O) groups is 4. The highest BCUT2D eigenvalue weighted by atomic mass is 16.6. The van der Waals surface area contributed by atoms with Gasteiger partial charge in [0.15, 0.2) is 5.78 Å². The molecule has 1 saturated carbocycles. The first-order chi connectivity index (χ1) is 16.6. The fourth-order valence-corrected chi connectivity index (χ4v) is 5.60. The molecule has 1 heterocycles. The van der Waals surface area contributed by atoms with Gasteiger partial charge in [0, 0.05) is 6.54 Å². The number of Topliss-reactive ketones (excluding diaryl/α,β-unsaturated/α-hetero) is 1. The van der Waals surface area contributed by atoms with Crippen LogP contribution in [0.15, 0.2) is 0 Å². The topological polar surface area (TPSA) is 105 Å². The Morgan fingerprint density at radius 1 is 0.971 bits per heavy atom. The molecule has 2 rings (SSSR count). The van der Waals surface area contributed by atoms with E-state index in [0.29, 0.717) is 13.0 Å². The summed E-state index contributed by atoms with van der Waals surface area (Å²) in [5.41, 5.74) is 0. The third-order valence-corrected chi connectivity index (χ3v) is 7.96. The molecular weight excluding hydrogens is 446 g/mol. The molecule has 2 N–H and O–H groups in total. The Morgan fingerprint density at radius 2 is 1.60 bits per heavy atom. The van der Waals surface area contributed by atoms with Crippen LogP contribution in [0, 0.1) is 17.8 Å². The number of ether oxygens (including phenoxy) is 1. The van der Waals surface area contributed by atoms with Crippen LogP contribution in [0.1, 0.15) is 99.3 Å². The molecule has 1 aliphatic heterocycles. The molecule has 0 radical (unpaired) electrons. The zero-order chi connectivity index (χ0) is 26.1. The molecule has 4 unspecified atom stereocenters. The Balaban J connectivity index is 2.20. The highest BCUT2D eigenvalue weighted by molar-refractivity contribution is 5.94. The Kier molecular flexibility index (Phi) is 11.5. The van der Waals surface area contributed by atoms with Crippen LogP contribution in [0.2, 0.25) is 0 Å². The number of ketones is 1. The number of hydrogen-bond donors (Lipinski definition) is 2. The lowest BCUT2D eigenvalue weighted by molar-refractivity contribution is -0.141. The summed E-state index contributed by atoms with van der Waals surface area (Å²) in [6.45, 7) is 11.8. The van der Waals surface area contributed by atoms with Gasteiger partial charge in [0.25, 0.3) is 0 Å². The maximum atomic E-state index is 13.9. The van der Waals surface area contributed by atoms with Crippen LogP contribution in [0.3, 0.4) is 0 Å². The van der Waals surface area contributed by atoms with E-state index in [-0.39, 0.29) is 41.5 Å². The monoisotopic (exact) mass is 493 g/mol. The number of nitrogens with one attached hydrogen (secondary N) is 2. The van der Waals surface area contributed by atoms with Crippen molar-refractivity contribution in [2.24, 2.45) is 17.8 Å². The van der Waals surface area contributed by atoms with E-state index in [1.54, 1.807) is 11.8 Å². The number of alkyl carbamates (subject to hydrolysis) is 1. The molecule has 0 aromatic carbocycles. The third kappa shape index (κ3) is 7.94. The van der Waals surface area contributed by atoms with Crippen LogP contribution in [-0.2, 0) is 19.1 Å². The number of carbonyl (C=O) groups excluding carboxylic acids is 4. The lowest BCUT2D eigenvalue weighted by Crippen LogP contribution is -2.57. The summed E-state index contributed by atoms with van der Waals surface area (Å²) in [5.74, 6) is -0.201. The summed E-state index contributed by atoms with van der Waals surface area (Å²) in [5, 5.41) is 5.68. The van der Waals surface area contributed by atoms with Crippen molar-refractivity contribution in [3.8, 4) is 0 Å². The third-order valence-electron chi connectivity index (χ3n) is 7.96. The summed E-state index contributed by atoms with van der Waals surface area (Å²) >= 11 is 0. The molecule has 0 aromatic heterocycles. The smallest absolute Gasteiger partial charge is 0.408 e. The van der Waals surface area contributed by atoms with Crippen molar-refractivity contribution in [3.63, 3.8) is 0 Å². The molecule has 1 aliphatic carbocycles. The second-order valence-electron chi connectivity index (χ2n) is 10.6. The zero-order valence-electron chi connectivity index (χ0n) is 22.6. The van der Waals surface area contributed by atoms with Gasteiger partial charge in [-0.15, -0.1) is 0 Å². The van der Waals surface area contributed by atoms with Gasteiger partial charge in [0.05, 0.1) is 6.04 Å². The number of amides is 3. The minimum Gasteiger partial charge on any atom is -0.446 e. The molecule has 0 spiro atoms. The van der Waals surface area contributed by atoms with Crippen LogP contribution in [-0.4, -0.2) is 59.4 Å². The molecule has 2 fully saturated rings. The molecule has 2 aliphatic rings. The van der Waals surface area contributed by atoms with Crippen molar-refractivity contribution in [1.29, 1.82) is 0 Å². The summed E-state index contributed by atoms with van der Waals surface area (Å²) in [6, 6.07) is -1.96. The first-order valence-electron chi connectivity index (χ1n) is 13.7. The number of nitrogens with zero attached hydrogens (tertiary/aromatic N) is 1. The van der Waals surface area contributed by atoms with Crippen LogP contribution < -0.4 is 10.6 Å². The highest BCUT2D eigenvalue weighted by Crippen LogP contribution is 2.31. The largest absolute Gasteiger partial charge is 0.446 e. The van der Waals surface area contributed by atoms with E-state index in [1.165, 1.54) is 6.92 Å². The van der Waals surface area contributed by atoms with E-state index in [1.807, 2.05) is 13.8 Å². The highest BCUT2D eigenvalue weighted by Gasteiger charge is 2.43. The average Bonchev–Trinajstić information content (AvgIpc) is 3.24. The van der Waals surface area contributed by atoms with E-state index < -0.39 is 24.2 Å². The van der Waals surface area contributed by atoms with Crippen molar-refractivity contribution in [1.82, 2.24) is 15.5 Å². The molecular formula is C27H47N3O5. The van der Waals surface area contributed by atoms with E-state index in [4.69, 9.17) is 4.74 Å². The van der Waals surface area contributed by atoms with Gasteiger partial charge >= 0.3 is 6.09 Å². The molecule has 5 atom stereocenters. The van der Waals surface area contributed by atoms with Gasteiger partial charge in [-0.25, -0.2) is 4.79 Å². The number of rotatable bonds is 11.